The van der Waals surface area contributed by atoms with Crippen molar-refractivity contribution >= 4 is 21.7 Å². The van der Waals surface area contributed by atoms with E-state index in [-0.39, 0.29) is 29.1 Å². The summed E-state index contributed by atoms with van der Waals surface area (Å²) in [5.41, 5.74) is 1.84. The summed E-state index contributed by atoms with van der Waals surface area (Å²) >= 11 is 0. The number of amides is 1. The molecule has 1 saturated heterocycles. The Kier molecular flexibility index (Phi) is 5.52. The maximum absolute atomic E-state index is 12.9. The number of likely N-dealkylation sites (tertiary alicyclic amines) is 1. The Morgan fingerprint density at radius 3 is 2.70 bits per heavy atom. The Labute approximate surface area is 175 Å². The molecule has 1 atom stereocenters. The normalized spacial score (nSPS) is 17.4. The number of rotatable bonds is 5. The molecule has 4 rings (SSSR count). The quantitative estimate of drug-likeness (QED) is 0.661. The Balaban J connectivity index is 1.42. The maximum Gasteiger partial charge on any atom is 0.293 e. The summed E-state index contributed by atoms with van der Waals surface area (Å²) in [6.45, 7) is 5.11. The van der Waals surface area contributed by atoms with Crippen molar-refractivity contribution in [2.24, 2.45) is 5.92 Å². The molecule has 1 aromatic carbocycles. The van der Waals surface area contributed by atoms with E-state index in [1.807, 2.05) is 13.8 Å². The van der Waals surface area contributed by atoms with Crippen LogP contribution in [-0.2, 0) is 10.0 Å². The molecule has 3 aromatic rings. The lowest BCUT2D eigenvalue weighted by Crippen LogP contribution is -2.44. The zero-order valence-electron chi connectivity index (χ0n) is 16.9. The van der Waals surface area contributed by atoms with Crippen LogP contribution in [0.5, 0.6) is 0 Å². The van der Waals surface area contributed by atoms with Crippen molar-refractivity contribution < 1.29 is 13.2 Å². The Bertz CT molecular complexity index is 1170. The van der Waals surface area contributed by atoms with Gasteiger partial charge in [0.25, 0.3) is 11.7 Å². The number of piperidine rings is 1. The third kappa shape index (κ3) is 4.19. The number of sulfonamides is 1. The van der Waals surface area contributed by atoms with E-state index in [1.165, 1.54) is 0 Å². The summed E-state index contributed by atoms with van der Waals surface area (Å²) in [4.78, 5) is 23.2. The molecule has 0 aliphatic carbocycles. The minimum absolute atomic E-state index is 0.0276. The highest BCUT2D eigenvalue weighted by Gasteiger charge is 2.28. The smallest absolute Gasteiger partial charge is 0.293 e. The van der Waals surface area contributed by atoms with Crippen LogP contribution in [0.2, 0.25) is 0 Å². The van der Waals surface area contributed by atoms with Gasteiger partial charge in [-0.05, 0) is 50.8 Å². The molecular weight excluding hydrogens is 404 g/mol. The van der Waals surface area contributed by atoms with E-state index in [4.69, 9.17) is 0 Å². The van der Waals surface area contributed by atoms with Gasteiger partial charge >= 0.3 is 0 Å². The molecule has 1 fully saturated rings. The van der Waals surface area contributed by atoms with Gasteiger partial charge in [-0.25, -0.2) is 22.6 Å². The van der Waals surface area contributed by atoms with E-state index >= 15 is 0 Å². The lowest BCUT2D eigenvalue weighted by molar-refractivity contribution is 0.0664. The number of hydrogen-bond donors (Lipinski definition) is 1. The van der Waals surface area contributed by atoms with Gasteiger partial charge < -0.3 is 4.90 Å². The van der Waals surface area contributed by atoms with Crippen molar-refractivity contribution in [3.63, 3.8) is 0 Å². The van der Waals surface area contributed by atoms with Gasteiger partial charge in [-0.2, -0.15) is 4.98 Å². The summed E-state index contributed by atoms with van der Waals surface area (Å²) in [5, 5.41) is 4.28. The van der Waals surface area contributed by atoms with Gasteiger partial charge in [0.2, 0.25) is 15.8 Å². The topological polar surface area (TPSA) is 110 Å². The molecule has 0 saturated carbocycles. The fourth-order valence-corrected chi connectivity index (χ4v) is 4.70. The van der Waals surface area contributed by atoms with Crippen molar-refractivity contribution in [2.45, 2.75) is 31.6 Å². The first-order valence-corrected chi connectivity index (χ1v) is 11.4. The maximum atomic E-state index is 12.9. The van der Waals surface area contributed by atoms with Crippen molar-refractivity contribution in [1.82, 2.24) is 29.2 Å². The van der Waals surface area contributed by atoms with Crippen LogP contribution in [0.25, 0.3) is 5.78 Å². The molecule has 0 radical (unpaired) electrons. The number of carbonyl (C=O) groups is 1. The minimum atomic E-state index is -3.58. The summed E-state index contributed by atoms with van der Waals surface area (Å²) in [6.07, 6.45) is 3.28. The van der Waals surface area contributed by atoms with Crippen molar-refractivity contribution in [3.05, 3.63) is 53.6 Å². The number of aryl methyl sites for hydroxylation is 2. The zero-order chi connectivity index (χ0) is 21.3. The fraction of sp³-hybridized carbons (Fsp3) is 0.400. The molecule has 9 nitrogen and oxygen atoms in total. The third-order valence-corrected chi connectivity index (χ3v) is 6.76. The Morgan fingerprint density at radius 2 is 1.97 bits per heavy atom. The molecule has 0 spiro atoms. The summed E-state index contributed by atoms with van der Waals surface area (Å²) < 4.78 is 29.3. The molecule has 1 unspecified atom stereocenters. The molecule has 1 amide bonds. The first kappa shape index (κ1) is 20.4. The number of benzene rings is 1. The molecule has 10 heteroatoms. The molecule has 158 valence electrons. The lowest BCUT2D eigenvalue weighted by atomic mass is 9.98. The number of aromatic nitrogens is 4. The minimum Gasteiger partial charge on any atom is -0.336 e. The second kappa shape index (κ2) is 8.11. The molecule has 1 aliphatic heterocycles. The number of fused-ring (bicyclic) bond motifs is 1. The summed E-state index contributed by atoms with van der Waals surface area (Å²) in [7, 11) is -3.58. The molecule has 1 N–H and O–H groups in total. The molecular formula is C20H24N6O3S. The monoisotopic (exact) mass is 428 g/mol. The Hall–Kier alpha value is -2.85. The van der Waals surface area contributed by atoms with Crippen LogP contribution in [0.4, 0.5) is 0 Å². The first-order valence-electron chi connectivity index (χ1n) is 9.87. The second-order valence-corrected chi connectivity index (χ2v) is 9.42. The number of nitrogens with zero attached hydrogens (tertiary/aromatic N) is 5. The standard InChI is InChI=1S/C20H24N6O3S/c1-14-5-7-17(8-6-14)30(28,29)22-12-16-4-3-11-25(13-16)19(27)18-23-20-21-10-9-15(2)26(20)24-18/h5-10,16,22H,3-4,11-13H2,1-2H3. The van der Waals surface area contributed by atoms with E-state index in [2.05, 4.69) is 19.8 Å². The second-order valence-electron chi connectivity index (χ2n) is 7.66. The van der Waals surface area contributed by atoms with Crippen molar-refractivity contribution in [1.29, 1.82) is 0 Å². The molecule has 30 heavy (non-hydrogen) atoms. The molecule has 3 heterocycles. The van der Waals surface area contributed by atoms with Crippen LogP contribution in [-0.4, -0.2) is 58.4 Å². The van der Waals surface area contributed by atoms with E-state index in [0.29, 0.717) is 18.9 Å². The van der Waals surface area contributed by atoms with E-state index in [9.17, 15) is 13.2 Å². The SMILES string of the molecule is Cc1ccc(S(=O)(=O)NCC2CCCN(C(=O)c3nc4nccc(C)n4n3)C2)cc1. The average molecular weight is 429 g/mol. The largest absolute Gasteiger partial charge is 0.336 e. The van der Waals surface area contributed by atoms with Crippen molar-refractivity contribution in [3.8, 4) is 0 Å². The van der Waals surface area contributed by atoms with Crippen LogP contribution >= 0.6 is 0 Å². The van der Waals surface area contributed by atoms with E-state index in [0.717, 1.165) is 24.1 Å². The molecule has 2 aromatic heterocycles. The highest BCUT2D eigenvalue weighted by atomic mass is 32.2. The zero-order valence-corrected chi connectivity index (χ0v) is 17.8. The van der Waals surface area contributed by atoms with E-state index in [1.54, 1.807) is 45.9 Å². The van der Waals surface area contributed by atoms with Gasteiger partial charge in [0.15, 0.2) is 0 Å². The summed E-state index contributed by atoms with van der Waals surface area (Å²) in [5.74, 6) is 0.265. The van der Waals surface area contributed by atoms with Crippen LogP contribution in [0, 0.1) is 19.8 Å². The summed E-state index contributed by atoms with van der Waals surface area (Å²) in [6, 6.07) is 8.54. The van der Waals surface area contributed by atoms with Gasteiger partial charge in [-0.1, -0.05) is 17.7 Å². The van der Waals surface area contributed by atoms with Crippen LogP contribution in [0.15, 0.2) is 41.4 Å². The number of nitrogens with one attached hydrogen (secondary N) is 1. The molecule has 1 aliphatic rings. The van der Waals surface area contributed by atoms with Gasteiger partial charge in [0.1, 0.15) is 0 Å². The van der Waals surface area contributed by atoms with E-state index < -0.39 is 10.0 Å². The Morgan fingerprint density at radius 1 is 1.20 bits per heavy atom. The highest BCUT2D eigenvalue weighted by molar-refractivity contribution is 7.89. The average Bonchev–Trinajstić information content (AvgIpc) is 3.18. The van der Waals surface area contributed by atoms with Crippen LogP contribution in [0.3, 0.4) is 0 Å². The van der Waals surface area contributed by atoms with Crippen LogP contribution in [0.1, 0.15) is 34.7 Å². The predicted octanol–water partition coefficient (Wildman–Crippen LogP) is 1.57. The van der Waals surface area contributed by atoms with Gasteiger partial charge in [-0.3, -0.25) is 4.79 Å². The number of hydrogen-bond acceptors (Lipinski definition) is 6. The predicted molar refractivity (Wildman–Crippen MR) is 111 cm³/mol. The number of carbonyl (C=O) groups excluding carboxylic acids is 1. The fourth-order valence-electron chi connectivity index (χ4n) is 3.58. The van der Waals surface area contributed by atoms with Crippen molar-refractivity contribution in [2.75, 3.05) is 19.6 Å². The van der Waals surface area contributed by atoms with Gasteiger partial charge in [0, 0.05) is 31.5 Å². The van der Waals surface area contributed by atoms with Crippen LogP contribution < -0.4 is 4.72 Å². The molecule has 0 bridgehead atoms. The third-order valence-electron chi connectivity index (χ3n) is 5.32. The lowest BCUT2D eigenvalue weighted by Gasteiger charge is -2.32. The van der Waals surface area contributed by atoms with Gasteiger partial charge in [-0.15, -0.1) is 5.10 Å². The first-order chi connectivity index (χ1) is 14.3. The highest BCUT2D eigenvalue weighted by Crippen LogP contribution is 2.19. The van der Waals surface area contributed by atoms with Gasteiger partial charge in [0.05, 0.1) is 4.90 Å².